The predicted molar refractivity (Wildman–Crippen MR) is 101 cm³/mol. The molecule has 0 aliphatic heterocycles. The summed E-state index contributed by atoms with van der Waals surface area (Å²) >= 11 is 3.30. The number of anilines is 2. The van der Waals surface area contributed by atoms with E-state index in [9.17, 15) is 18.0 Å². The Morgan fingerprint density at radius 2 is 1.63 bits per heavy atom. The van der Waals surface area contributed by atoms with Crippen LogP contribution in [-0.4, -0.2) is 34.2 Å². The summed E-state index contributed by atoms with van der Waals surface area (Å²) in [5.41, 5.74) is -0.198. The van der Waals surface area contributed by atoms with Crippen molar-refractivity contribution in [1.29, 1.82) is 0 Å². The van der Waals surface area contributed by atoms with Gasteiger partial charge in [-0.3, -0.25) is 4.79 Å². The van der Waals surface area contributed by atoms with Crippen LogP contribution in [0.3, 0.4) is 0 Å². The number of halogens is 4. The Hall–Kier alpha value is -2.42. The van der Waals surface area contributed by atoms with Gasteiger partial charge in [0.2, 0.25) is 0 Å². The first-order valence-corrected chi connectivity index (χ1v) is 8.49. The predicted octanol–water partition coefficient (Wildman–Crippen LogP) is 4.80. The topological polar surface area (TPSA) is 50.8 Å². The molecule has 146 valence electrons. The number of ether oxygens (including phenoxy) is 2. The van der Waals surface area contributed by atoms with Crippen LogP contribution in [0.2, 0.25) is 0 Å². The standard InChI is InChI=1S/C18H18BrF3N2O3/c1-24(2)13-6-5-11(18(20,21)22)9-12(13)23-17(25)10-7-14(26-3)16(19)15(8-10)27-4/h5-9H,1-4H3,(H,23,25). The zero-order chi connectivity index (χ0) is 20.4. The average molecular weight is 447 g/mol. The van der Waals surface area contributed by atoms with Crippen LogP contribution in [0.1, 0.15) is 15.9 Å². The number of benzene rings is 2. The first-order valence-electron chi connectivity index (χ1n) is 7.70. The highest BCUT2D eigenvalue weighted by Gasteiger charge is 2.31. The maximum atomic E-state index is 13.0. The molecule has 0 saturated carbocycles. The Bertz CT molecular complexity index is 829. The van der Waals surface area contributed by atoms with Crippen molar-refractivity contribution in [3.8, 4) is 11.5 Å². The molecule has 0 radical (unpaired) electrons. The summed E-state index contributed by atoms with van der Waals surface area (Å²) < 4.78 is 50.0. The van der Waals surface area contributed by atoms with Crippen molar-refractivity contribution in [3.05, 3.63) is 45.9 Å². The molecule has 0 aromatic heterocycles. The lowest BCUT2D eigenvalue weighted by molar-refractivity contribution is -0.137. The van der Waals surface area contributed by atoms with Gasteiger partial charge < -0.3 is 19.7 Å². The van der Waals surface area contributed by atoms with Crippen LogP contribution in [-0.2, 0) is 6.18 Å². The van der Waals surface area contributed by atoms with E-state index < -0.39 is 17.6 Å². The van der Waals surface area contributed by atoms with E-state index in [2.05, 4.69) is 21.2 Å². The van der Waals surface area contributed by atoms with Crippen LogP contribution in [0.4, 0.5) is 24.5 Å². The van der Waals surface area contributed by atoms with E-state index in [1.54, 1.807) is 19.0 Å². The quantitative estimate of drug-likeness (QED) is 0.716. The summed E-state index contributed by atoms with van der Waals surface area (Å²) in [4.78, 5) is 14.3. The van der Waals surface area contributed by atoms with Crippen LogP contribution < -0.4 is 19.7 Å². The van der Waals surface area contributed by atoms with Crippen LogP contribution in [0.25, 0.3) is 0 Å². The van der Waals surface area contributed by atoms with Gasteiger partial charge in [0.1, 0.15) is 16.0 Å². The number of hydrogen-bond donors (Lipinski definition) is 1. The molecule has 0 saturated heterocycles. The van der Waals surface area contributed by atoms with Crippen LogP contribution in [0, 0.1) is 0 Å². The molecule has 1 amide bonds. The Balaban J connectivity index is 2.45. The smallest absolute Gasteiger partial charge is 0.416 e. The Labute approximate surface area is 163 Å². The first kappa shape index (κ1) is 20.9. The lowest BCUT2D eigenvalue weighted by atomic mass is 10.1. The molecule has 0 atom stereocenters. The fourth-order valence-electron chi connectivity index (χ4n) is 2.40. The molecule has 0 fully saturated rings. The summed E-state index contributed by atoms with van der Waals surface area (Å²) in [5.74, 6) is 0.120. The minimum Gasteiger partial charge on any atom is -0.495 e. The largest absolute Gasteiger partial charge is 0.495 e. The van der Waals surface area contributed by atoms with Gasteiger partial charge in [-0.1, -0.05) is 0 Å². The second-order valence-corrected chi connectivity index (χ2v) is 6.57. The zero-order valence-electron chi connectivity index (χ0n) is 15.1. The molecule has 1 N–H and O–H groups in total. The van der Waals surface area contributed by atoms with E-state index in [1.807, 2.05) is 0 Å². The van der Waals surface area contributed by atoms with Gasteiger partial charge >= 0.3 is 6.18 Å². The molecule has 0 bridgehead atoms. The van der Waals surface area contributed by atoms with Gasteiger partial charge in [0.05, 0.1) is 31.2 Å². The third-order valence-electron chi connectivity index (χ3n) is 3.76. The second kappa shape index (κ2) is 8.08. The highest BCUT2D eigenvalue weighted by molar-refractivity contribution is 9.10. The Morgan fingerprint density at radius 1 is 1.07 bits per heavy atom. The minimum absolute atomic E-state index is 0.0423. The van der Waals surface area contributed by atoms with Crippen molar-refractivity contribution in [2.24, 2.45) is 0 Å². The fraction of sp³-hybridized carbons (Fsp3) is 0.278. The molecule has 0 heterocycles. The maximum Gasteiger partial charge on any atom is 0.416 e. The molecular weight excluding hydrogens is 429 g/mol. The SMILES string of the molecule is COc1cc(C(=O)Nc2cc(C(F)(F)F)ccc2N(C)C)cc(OC)c1Br. The number of carbonyl (C=O) groups excluding carboxylic acids is 1. The molecule has 5 nitrogen and oxygen atoms in total. The van der Waals surface area contributed by atoms with Crippen LogP contribution in [0.5, 0.6) is 11.5 Å². The van der Waals surface area contributed by atoms with Crippen molar-refractivity contribution in [2.75, 3.05) is 38.5 Å². The van der Waals surface area contributed by atoms with E-state index in [0.717, 1.165) is 12.1 Å². The monoisotopic (exact) mass is 446 g/mol. The molecule has 2 aromatic carbocycles. The van der Waals surface area contributed by atoms with Gasteiger partial charge in [0.25, 0.3) is 5.91 Å². The number of nitrogens with zero attached hydrogens (tertiary/aromatic N) is 1. The van der Waals surface area contributed by atoms with Crippen molar-refractivity contribution in [1.82, 2.24) is 0 Å². The third kappa shape index (κ3) is 4.65. The van der Waals surface area contributed by atoms with Gasteiger partial charge in [-0.2, -0.15) is 13.2 Å². The number of nitrogens with one attached hydrogen (secondary N) is 1. The van der Waals surface area contributed by atoms with Gasteiger partial charge in [0, 0.05) is 19.7 Å². The molecule has 2 aromatic rings. The van der Waals surface area contributed by atoms with Crippen molar-refractivity contribution in [3.63, 3.8) is 0 Å². The van der Waals surface area contributed by atoms with E-state index in [-0.39, 0.29) is 11.3 Å². The number of rotatable bonds is 5. The highest BCUT2D eigenvalue weighted by Crippen LogP contribution is 2.37. The van der Waals surface area contributed by atoms with Crippen molar-refractivity contribution < 1.29 is 27.4 Å². The van der Waals surface area contributed by atoms with E-state index in [0.29, 0.717) is 21.7 Å². The van der Waals surface area contributed by atoms with Gasteiger partial charge in [-0.25, -0.2) is 0 Å². The van der Waals surface area contributed by atoms with Gasteiger partial charge in [-0.05, 0) is 46.3 Å². The van der Waals surface area contributed by atoms with E-state index in [1.165, 1.54) is 32.4 Å². The summed E-state index contributed by atoms with van der Waals surface area (Å²) in [5, 5.41) is 2.54. The maximum absolute atomic E-state index is 13.0. The number of methoxy groups -OCH3 is 2. The Morgan fingerprint density at radius 3 is 2.07 bits per heavy atom. The summed E-state index contributed by atoms with van der Waals surface area (Å²) in [6.07, 6.45) is -4.52. The van der Waals surface area contributed by atoms with Crippen molar-refractivity contribution in [2.45, 2.75) is 6.18 Å². The van der Waals surface area contributed by atoms with Gasteiger partial charge in [0.15, 0.2) is 0 Å². The van der Waals surface area contributed by atoms with Gasteiger partial charge in [-0.15, -0.1) is 0 Å². The lowest BCUT2D eigenvalue weighted by Crippen LogP contribution is -2.18. The highest BCUT2D eigenvalue weighted by atomic mass is 79.9. The molecule has 2 rings (SSSR count). The zero-order valence-corrected chi connectivity index (χ0v) is 16.7. The van der Waals surface area contributed by atoms with Crippen LogP contribution >= 0.6 is 15.9 Å². The minimum atomic E-state index is -4.52. The number of alkyl halides is 3. The molecule has 0 aliphatic carbocycles. The molecular formula is C18H18BrF3N2O3. The Kier molecular flexibility index (Phi) is 6.25. The lowest BCUT2D eigenvalue weighted by Gasteiger charge is -2.20. The van der Waals surface area contributed by atoms with Crippen LogP contribution in [0.15, 0.2) is 34.8 Å². The molecule has 0 unspecified atom stereocenters. The number of amides is 1. The second-order valence-electron chi connectivity index (χ2n) is 5.77. The first-order chi connectivity index (χ1) is 12.6. The fourth-order valence-corrected chi connectivity index (χ4v) is 2.95. The number of hydrogen-bond acceptors (Lipinski definition) is 4. The van der Waals surface area contributed by atoms with E-state index >= 15 is 0 Å². The molecule has 0 aliphatic rings. The van der Waals surface area contributed by atoms with E-state index in [4.69, 9.17) is 9.47 Å². The summed E-state index contributed by atoms with van der Waals surface area (Å²) in [7, 11) is 6.20. The summed E-state index contributed by atoms with van der Waals surface area (Å²) in [6, 6.07) is 6.11. The van der Waals surface area contributed by atoms with Crippen molar-refractivity contribution >= 4 is 33.2 Å². The summed E-state index contributed by atoms with van der Waals surface area (Å²) in [6.45, 7) is 0. The normalized spacial score (nSPS) is 11.1. The third-order valence-corrected chi connectivity index (χ3v) is 4.54. The molecule has 9 heteroatoms. The average Bonchev–Trinajstić information content (AvgIpc) is 2.60. The molecule has 0 spiro atoms. The number of carbonyl (C=O) groups is 1. The molecule has 27 heavy (non-hydrogen) atoms.